The lowest BCUT2D eigenvalue weighted by atomic mass is 9.80. The molecule has 0 fully saturated rings. The summed E-state index contributed by atoms with van der Waals surface area (Å²) >= 11 is 0. The molecule has 0 amide bonds. The molecule has 0 unspecified atom stereocenters. The van der Waals surface area contributed by atoms with E-state index in [1.165, 1.54) is 38.8 Å². The number of nitrogens with zero attached hydrogens (tertiary/aromatic N) is 3. The van der Waals surface area contributed by atoms with Crippen molar-refractivity contribution in [1.29, 1.82) is 0 Å². The first-order chi connectivity index (χ1) is 21.0. The van der Waals surface area contributed by atoms with E-state index in [4.69, 9.17) is 0 Å². The standard InChI is InChI=1S/C39H42N3O2/c1-7-8-23-40-34-21-19-29-15-9-10-16-31(29)37(34)39(5,6)36(40)18-12-17-35-38(3,4)32-25-30(42(43)44)20-22-33(32)41(35)26-28-14-11-13-27(2)24-28/h9-22,24-25H,7-8,23,26H2,1-6H3/q+1. The average molecular weight is 585 g/mol. The summed E-state index contributed by atoms with van der Waals surface area (Å²) in [6.45, 7) is 15.1. The van der Waals surface area contributed by atoms with E-state index >= 15 is 0 Å². The highest BCUT2D eigenvalue weighted by Crippen LogP contribution is 2.51. The number of fused-ring (bicyclic) bond motifs is 4. The molecule has 0 saturated heterocycles. The van der Waals surface area contributed by atoms with Gasteiger partial charge in [-0.2, -0.15) is 4.58 Å². The zero-order valence-electron chi connectivity index (χ0n) is 26.7. The summed E-state index contributed by atoms with van der Waals surface area (Å²) in [4.78, 5) is 13.9. The molecule has 0 bridgehead atoms. The summed E-state index contributed by atoms with van der Waals surface area (Å²) in [7, 11) is 0. The number of unbranched alkanes of at least 4 members (excludes halogenated alkanes) is 1. The smallest absolute Gasteiger partial charge is 0.270 e. The summed E-state index contributed by atoms with van der Waals surface area (Å²) in [5, 5.41) is 14.3. The van der Waals surface area contributed by atoms with E-state index in [0.717, 1.165) is 36.3 Å². The van der Waals surface area contributed by atoms with Gasteiger partial charge in [0.15, 0.2) is 12.3 Å². The van der Waals surface area contributed by atoms with Crippen LogP contribution in [0.25, 0.3) is 10.8 Å². The molecule has 5 heteroatoms. The van der Waals surface area contributed by atoms with Crippen LogP contribution in [-0.2, 0) is 17.4 Å². The first kappa shape index (κ1) is 29.6. The third kappa shape index (κ3) is 4.94. The molecule has 4 aromatic rings. The Morgan fingerprint density at radius 3 is 2.48 bits per heavy atom. The highest BCUT2D eigenvalue weighted by molar-refractivity contribution is 6.03. The molecule has 6 rings (SSSR count). The number of rotatable bonds is 8. The van der Waals surface area contributed by atoms with Crippen molar-refractivity contribution in [2.24, 2.45) is 0 Å². The van der Waals surface area contributed by atoms with Gasteiger partial charge in [0.05, 0.1) is 10.3 Å². The van der Waals surface area contributed by atoms with E-state index in [2.05, 4.69) is 130 Å². The number of anilines is 1. The van der Waals surface area contributed by atoms with Crippen molar-refractivity contribution < 1.29 is 9.50 Å². The molecule has 0 spiro atoms. The highest BCUT2D eigenvalue weighted by atomic mass is 16.6. The van der Waals surface area contributed by atoms with Crippen LogP contribution < -0.4 is 4.90 Å². The SMILES string of the molecule is CCCCN1/C(=C/C=C/C2=[N+](Cc3cccc(C)c3)c3ccc([N+](=O)[O-])cc3C2(C)C)C(C)(C)c2c1ccc1ccccc21. The fourth-order valence-electron chi connectivity index (χ4n) is 7.26. The van der Waals surface area contributed by atoms with Crippen molar-refractivity contribution in [2.75, 3.05) is 11.4 Å². The van der Waals surface area contributed by atoms with Crippen LogP contribution in [0.3, 0.4) is 0 Å². The molecular formula is C39H42N3O2+. The second kappa shape index (κ2) is 11.2. The second-order valence-corrected chi connectivity index (χ2v) is 13.3. The molecule has 0 N–H and O–H groups in total. The molecule has 44 heavy (non-hydrogen) atoms. The van der Waals surface area contributed by atoms with Crippen molar-refractivity contribution in [3.63, 3.8) is 0 Å². The van der Waals surface area contributed by atoms with Crippen molar-refractivity contribution in [2.45, 2.75) is 71.8 Å². The van der Waals surface area contributed by atoms with Gasteiger partial charge in [-0.25, -0.2) is 0 Å². The predicted molar refractivity (Wildman–Crippen MR) is 182 cm³/mol. The lowest BCUT2D eigenvalue weighted by Gasteiger charge is -2.27. The maximum absolute atomic E-state index is 11.7. The van der Waals surface area contributed by atoms with E-state index in [1.54, 1.807) is 12.1 Å². The normalized spacial score (nSPS) is 17.6. The summed E-state index contributed by atoms with van der Waals surface area (Å²) in [6, 6.07) is 27.1. The van der Waals surface area contributed by atoms with Crippen LogP contribution in [0.15, 0.2) is 103 Å². The average Bonchev–Trinajstić information content (AvgIpc) is 3.34. The molecule has 2 heterocycles. The summed E-state index contributed by atoms with van der Waals surface area (Å²) in [6.07, 6.45) is 8.97. The van der Waals surface area contributed by atoms with Crippen molar-refractivity contribution in [1.82, 2.24) is 0 Å². The van der Waals surface area contributed by atoms with E-state index in [-0.39, 0.29) is 16.0 Å². The predicted octanol–water partition coefficient (Wildman–Crippen LogP) is 9.67. The summed E-state index contributed by atoms with van der Waals surface area (Å²) in [5.41, 5.74) is 9.10. The molecule has 2 aliphatic heterocycles. The van der Waals surface area contributed by atoms with Crippen LogP contribution in [0.5, 0.6) is 0 Å². The quantitative estimate of drug-likeness (QED) is 0.118. The Morgan fingerprint density at radius 2 is 1.73 bits per heavy atom. The van der Waals surface area contributed by atoms with E-state index < -0.39 is 5.41 Å². The Hall–Kier alpha value is -4.51. The number of hydrogen-bond acceptors (Lipinski definition) is 3. The van der Waals surface area contributed by atoms with Gasteiger partial charge in [-0.1, -0.05) is 87.4 Å². The van der Waals surface area contributed by atoms with Crippen LogP contribution >= 0.6 is 0 Å². The Morgan fingerprint density at radius 1 is 0.932 bits per heavy atom. The number of allylic oxidation sites excluding steroid dienone is 4. The van der Waals surface area contributed by atoms with Gasteiger partial charge in [0, 0.05) is 58.7 Å². The van der Waals surface area contributed by atoms with Crippen molar-refractivity contribution in [3.05, 3.63) is 135 Å². The minimum absolute atomic E-state index is 0.129. The zero-order chi connectivity index (χ0) is 31.2. The van der Waals surface area contributed by atoms with Crippen molar-refractivity contribution >= 4 is 33.5 Å². The number of benzene rings is 4. The van der Waals surface area contributed by atoms with E-state index in [0.29, 0.717) is 6.54 Å². The molecule has 0 aliphatic carbocycles. The third-order valence-electron chi connectivity index (χ3n) is 9.51. The first-order valence-corrected chi connectivity index (χ1v) is 15.7. The minimum atomic E-state index is -0.410. The second-order valence-electron chi connectivity index (χ2n) is 13.3. The molecule has 4 aromatic carbocycles. The topological polar surface area (TPSA) is 49.4 Å². The molecule has 0 saturated carbocycles. The maximum Gasteiger partial charge on any atom is 0.270 e. The van der Waals surface area contributed by atoms with Gasteiger partial charge in [-0.05, 0) is 61.7 Å². The maximum atomic E-state index is 11.7. The number of nitro benzene ring substituents is 1. The van der Waals surface area contributed by atoms with Crippen LogP contribution in [0.1, 0.15) is 69.7 Å². The first-order valence-electron chi connectivity index (χ1n) is 15.7. The molecule has 224 valence electrons. The van der Waals surface area contributed by atoms with Crippen LogP contribution in [0.2, 0.25) is 0 Å². The van der Waals surface area contributed by atoms with E-state index in [9.17, 15) is 10.1 Å². The Bertz CT molecular complexity index is 1880. The Labute approximate surface area is 261 Å². The minimum Gasteiger partial charge on any atom is -0.344 e. The van der Waals surface area contributed by atoms with Crippen LogP contribution in [-0.4, -0.2) is 21.8 Å². The Kier molecular flexibility index (Phi) is 7.53. The van der Waals surface area contributed by atoms with Crippen LogP contribution in [0.4, 0.5) is 17.1 Å². The van der Waals surface area contributed by atoms with Gasteiger partial charge >= 0.3 is 0 Å². The summed E-state index contributed by atoms with van der Waals surface area (Å²) < 4.78 is 2.33. The van der Waals surface area contributed by atoms with Gasteiger partial charge in [0.1, 0.15) is 0 Å². The zero-order valence-corrected chi connectivity index (χ0v) is 26.7. The molecule has 0 aromatic heterocycles. The largest absolute Gasteiger partial charge is 0.344 e. The lowest BCUT2D eigenvalue weighted by Crippen LogP contribution is -2.28. The van der Waals surface area contributed by atoms with Gasteiger partial charge in [-0.15, -0.1) is 0 Å². The number of non-ortho nitro benzene ring substituents is 1. The van der Waals surface area contributed by atoms with Crippen LogP contribution in [0, 0.1) is 17.0 Å². The molecule has 2 aliphatic rings. The van der Waals surface area contributed by atoms with Gasteiger partial charge < -0.3 is 4.90 Å². The van der Waals surface area contributed by atoms with Gasteiger partial charge in [0.25, 0.3) is 5.69 Å². The molecule has 0 atom stereocenters. The fourth-order valence-corrected chi connectivity index (χ4v) is 7.26. The monoisotopic (exact) mass is 584 g/mol. The lowest BCUT2D eigenvalue weighted by molar-refractivity contribution is -0.455. The molecule has 5 nitrogen and oxygen atoms in total. The van der Waals surface area contributed by atoms with Gasteiger partial charge in [-0.3, -0.25) is 10.1 Å². The number of nitro groups is 1. The molecule has 0 radical (unpaired) electrons. The van der Waals surface area contributed by atoms with E-state index in [1.807, 2.05) is 6.07 Å². The third-order valence-corrected chi connectivity index (χ3v) is 9.51. The van der Waals surface area contributed by atoms with Gasteiger partial charge in [0.2, 0.25) is 5.69 Å². The Balaban J connectivity index is 1.46. The fraction of sp³-hybridized carbons (Fsp3) is 0.308. The molecular weight excluding hydrogens is 542 g/mol. The summed E-state index contributed by atoms with van der Waals surface area (Å²) in [5.74, 6) is 0. The number of aryl methyl sites for hydroxylation is 1. The highest BCUT2D eigenvalue weighted by Gasteiger charge is 2.45. The number of hydrogen-bond donors (Lipinski definition) is 0. The van der Waals surface area contributed by atoms with Crippen molar-refractivity contribution in [3.8, 4) is 0 Å².